The molecule has 1 unspecified atom stereocenters. The van der Waals surface area contributed by atoms with Crippen LogP contribution in [0, 0.1) is 36.5 Å². The van der Waals surface area contributed by atoms with Crippen molar-refractivity contribution in [1.29, 1.82) is 5.26 Å². The second-order valence-electron chi connectivity index (χ2n) is 9.80. The van der Waals surface area contributed by atoms with Gasteiger partial charge in [-0.25, -0.2) is 0 Å². The van der Waals surface area contributed by atoms with Gasteiger partial charge < -0.3 is 10.2 Å². The quantitative estimate of drug-likeness (QED) is 0.714. The van der Waals surface area contributed by atoms with E-state index in [1.165, 1.54) is 11.6 Å². The first-order chi connectivity index (χ1) is 16.5. The van der Waals surface area contributed by atoms with E-state index in [9.17, 15) is 18.0 Å². The molecule has 0 bridgehead atoms. The van der Waals surface area contributed by atoms with Gasteiger partial charge in [-0.3, -0.25) is 14.4 Å². The van der Waals surface area contributed by atoms with Crippen molar-refractivity contribution in [1.82, 2.24) is 20.0 Å². The predicted molar refractivity (Wildman–Crippen MR) is 126 cm³/mol. The number of amides is 1. The highest BCUT2D eigenvalue weighted by Crippen LogP contribution is 2.46. The molecular weight excluding hydrogens is 457 g/mol. The Morgan fingerprint density at radius 1 is 1.29 bits per heavy atom. The van der Waals surface area contributed by atoms with E-state index in [1.807, 2.05) is 30.5 Å². The topological polar surface area (TPSA) is 77.2 Å². The van der Waals surface area contributed by atoms with Crippen LogP contribution in [0.1, 0.15) is 40.9 Å². The maximum Gasteiger partial charge on any atom is 0.417 e. The van der Waals surface area contributed by atoms with Crippen molar-refractivity contribution >= 4 is 11.6 Å². The largest absolute Gasteiger partial charge is 0.417 e. The van der Waals surface area contributed by atoms with Crippen LogP contribution in [0.15, 0.2) is 18.2 Å². The van der Waals surface area contributed by atoms with Crippen LogP contribution < -0.4 is 10.2 Å². The maximum absolute atomic E-state index is 13.5. The summed E-state index contributed by atoms with van der Waals surface area (Å²) < 4.78 is 42.2. The number of aromatic nitrogens is 2. The van der Waals surface area contributed by atoms with Gasteiger partial charge in [-0.15, -0.1) is 0 Å². The third kappa shape index (κ3) is 4.61. The number of anilines is 1. The van der Waals surface area contributed by atoms with Gasteiger partial charge in [-0.1, -0.05) is 0 Å². The third-order valence-electron chi connectivity index (χ3n) is 7.88. The number of nitrogens with one attached hydrogen (secondary N) is 1. The molecule has 2 aliphatic rings. The molecule has 188 valence electrons. The Morgan fingerprint density at radius 2 is 1.97 bits per heavy atom. The molecule has 10 heteroatoms. The van der Waals surface area contributed by atoms with Crippen molar-refractivity contribution in [3.05, 3.63) is 46.3 Å². The van der Waals surface area contributed by atoms with Gasteiger partial charge in [-0.2, -0.15) is 23.5 Å². The van der Waals surface area contributed by atoms with E-state index >= 15 is 0 Å². The average molecular weight is 489 g/mol. The number of carbonyl (C=O) groups excluding carboxylic acids is 1. The van der Waals surface area contributed by atoms with Crippen molar-refractivity contribution in [2.45, 2.75) is 39.4 Å². The average Bonchev–Trinajstić information content (AvgIpc) is 3.29. The lowest BCUT2D eigenvalue weighted by Crippen LogP contribution is -2.48. The number of rotatable bonds is 4. The zero-order valence-corrected chi connectivity index (χ0v) is 20.5. The van der Waals surface area contributed by atoms with Crippen LogP contribution >= 0.6 is 0 Å². The fraction of sp³-hybridized carbons (Fsp3) is 0.560. The Kier molecular flexibility index (Phi) is 6.58. The summed E-state index contributed by atoms with van der Waals surface area (Å²) in [4.78, 5) is 17.1. The molecule has 2 saturated heterocycles. The van der Waals surface area contributed by atoms with Crippen LogP contribution in [0.3, 0.4) is 0 Å². The van der Waals surface area contributed by atoms with E-state index < -0.39 is 11.7 Å². The van der Waals surface area contributed by atoms with Crippen molar-refractivity contribution in [3.8, 4) is 6.07 Å². The number of benzene rings is 1. The highest BCUT2D eigenvalue weighted by molar-refractivity contribution is 5.80. The third-order valence-corrected chi connectivity index (χ3v) is 7.88. The van der Waals surface area contributed by atoms with Crippen LogP contribution in [0.25, 0.3) is 0 Å². The smallest absolute Gasteiger partial charge is 0.371 e. The molecule has 1 atom stereocenters. The summed E-state index contributed by atoms with van der Waals surface area (Å²) in [6.07, 6.45) is -3.18. The lowest BCUT2D eigenvalue weighted by atomic mass is 9.70. The molecule has 1 aromatic heterocycles. The Labute approximate surface area is 203 Å². The lowest BCUT2D eigenvalue weighted by Gasteiger charge is -2.43. The first-order valence-electron chi connectivity index (χ1n) is 11.8. The number of likely N-dealkylation sites (tertiary alicyclic amines) is 1. The summed E-state index contributed by atoms with van der Waals surface area (Å²) in [5.74, 6) is -0.169. The molecule has 2 aromatic rings. The Bertz CT molecular complexity index is 1160. The molecule has 35 heavy (non-hydrogen) atoms. The molecule has 7 nitrogen and oxygen atoms in total. The number of hydrogen-bond donors (Lipinski definition) is 1. The Morgan fingerprint density at radius 3 is 2.51 bits per heavy atom. The van der Waals surface area contributed by atoms with Crippen molar-refractivity contribution in [2.24, 2.45) is 18.4 Å². The standard InChI is InChI=1S/C25H31F3N6O/c1-16-20(17(2)32(4)31-16)13-33-14-22(23(35)30-3)24(15-33)7-9-34(10-8-24)19-6-5-18(12-29)21(11-19)25(26,27)28/h5-6,11,22H,7-10,13-15H2,1-4H3,(H,30,35). The Balaban J connectivity index is 1.54. The predicted octanol–water partition coefficient (Wildman–Crippen LogP) is 3.39. The minimum absolute atomic E-state index is 0.0123. The Hall–Kier alpha value is -3.06. The first kappa shape index (κ1) is 25.0. The number of alkyl halides is 3. The zero-order chi connectivity index (χ0) is 25.5. The summed E-state index contributed by atoms with van der Waals surface area (Å²) in [5.41, 5.74) is 2.21. The normalized spacial score (nSPS) is 20.3. The molecule has 1 spiro atoms. The lowest BCUT2D eigenvalue weighted by molar-refractivity contribution is -0.137. The first-order valence-corrected chi connectivity index (χ1v) is 11.8. The van der Waals surface area contributed by atoms with E-state index in [-0.39, 0.29) is 22.8 Å². The molecule has 0 radical (unpaired) electrons. The highest BCUT2D eigenvalue weighted by Gasteiger charge is 2.51. The number of piperidine rings is 1. The van der Waals surface area contributed by atoms with E-state index in [0.29, 0.717) is 38.2 Å². The van der Waals surface area contributed by atoms with E-state index in [0.717, 1.165) is 30.5 Å². The van der Waals surface area contributed by atoms with Gasteiger partial charge in [0.15, 0.2) is 0 Å². The highest BCUT2D eigenvalue weighted by atomic mass is 19.4. The molecule has 2 fully saturated rings. The minimum atomic E-state index is -4.59. The number of nitriles is 1. The molecule has 1 aromatic carbocycles. The molecule has 0 saturated carbocycles. The molecule has 0 aliphatic carbocycles. The van der Waals surface area contributed by atoms with Crippen LogP contribution in [0.4, 0.5) is 18.9 Å². The summed E-state index contributed by atoms with van der Waals surface area (Å²) in [6, 6.07) is 5.53. The summed E-state index contributed by atoms with van der Waals surface area (Å²) in [6.45, 7) is 7.26. The van der Waals surface area contributed by atoms with Crippen LogP contribution in [0.2, 0.25) is 0 Å². The number of halogens is 3. The van der Waals surface area contributed by atoms with Gasteiger partial charge in [0.2, 0.25) is 5.91 Å². The number of aryl methyl sites for hydroxylation is 2. The van der Waals surface area contributed by atoms with Gasteiger partial charge in [-0.05, 0) is 50.3 Å². The molecule has 2 aliphatic heterocycles. The van der Waals surface area contributed by atoms with E-state index in [4.69, 9.17) is 5.26 Å². The molecule has 4 rings (SSSR count). The number of hydrogen-bond acceptors (Lipinski definition) is 5. The van der Waals surface area contributed by atoms with Crippen molar-refractivity contribution in [2.75, 3.05) is 38.1 Å². The van der Waals surface area contributed by atoms with E-state index in [2.05, 4.69) is 15.3 Å². The summed E-state index contributed by atoms with van der Waals surface area (Å²) in [7, 11) is 3.58. The molecule has 1 N–H and O–H groups in total. The SMILES string of the molecule is CNC(=O)C1CN(Cc2c(C)nn(C)c2C)CC12CCN(c1ccc(C#N)c(C(F)(F)F)c1)CC2. The zero-order valence-electron chi connectivity index (χ0n) is 20.5. The van der Waals surface area contributed by atoms with Gasteiger partial charge in [0.25, 0.3) is 0 Å². The van der Waals surface area contributed by atoms with Crippen molar-refractivity contribution in [3.63, 3.8) is 0 Å². The van der Waals surface area contributed by atoms with Gasteiger partial charge in [0, 0.05) is 63.8 Å². The van der Waals surface area contributed by atoms with Crippen molar-refractivity contribution < 1.29 is 18.0 Å². The van der Waals surface area contributed by atoms with Gasteiger partial charge in [0.1, 0.15) is 0 Å². The number of nitrogens with zero attached hydrogens (tertiary/aromatic N) is 5. The molecule has 3 heterocycles. The van der Waals surface area contributed by atoms with Gasteiger partial charge in [0.05, 0.1) is 28.8 Å². The molecular formula is C25H31F3N6O. The van der Waals surface area contributed by atoms with Crippen LogP contribution in [0.5, 0.6) is 0 Å². The summed E-state index contributed by atoms with van der Waals surface area (Å²) in [5, 5.41) is 16.4. The summed E-state index contributed by atoms with van der Waals surface area (Å²) >= 11 is 0. The second-order valence-corrected chi connectivity index (χ2v) is 9.80. The van der Waals surface area contributed by atoms with Crippen LogP contribution in [-0.4, -0.2) is 53.8 Å². The molecule has 1 amide bonds. The fourth-order valence-electron chi connectivity index (χ4n) is 5.78. The van der Waals surface area contributed by atoms with E-state index in [1.54, 1.807) is 19.2 Å². The maximum atomic E-state index is 13.5. The van der Waals surface area contributed by atoms with Gasteiger partial charge >= 0.3 is 6.18 Å². The second kappa shape index (κ2) is 9.19. The number of carbonyl (C=O) groups is 1. The van der Waals surface area contributed by atoms with Crippen LogP contribution in [-0.2, 0) is 24.6 Å². The minimum Gasteiger partial charge on any atom is -0.371 e. The fourth-order valence-corrected chi connectivity index (χ4v) is 5.78. The monoisotopic (exact) mass is 488 g/mol.